The first-order valence-corrected chi connectivity index (χ1v) is 9.63. The maximum absolute atomic E-state index is 13.7. The molecule has 0 spiro atoms. The van der Waals surface area contributed by atoms with Crippen LogP contribution in [0.15, 0.2) is 48.5 Å². The molecule has 0 atom stereocenters. The van der Waals surface area contributed by atoms with E-state index >= 15 is 0 Å². The van der Waals surface area contributed by atoms with Crippen molar-refractivity contribution in [2.75, 3.05) is 25.5 Å². The highest BCUT2D eigenvalue weighted by Crippen LogP contribution is 2.31. The van der Waals surface area contributed by atoms with Gasteiger partial charge >= 0.3 is 6.03 Å². The molecule has 1 saturated heterocycles. The number of nitrogens with zero attached hydrogens (tertiary/aromatic N) is 1. The van der Waals surface area contributed by atoms with Crippen LogP contribution in [0.5, 0.6) is 5.75 Å². The average Bonchev–Trinajstić information content (AvgIpc) is 2.74. The summed E-state index contributed by atoms with van der Waals surface area (Å²) in [5.74, 6) is 0.274. The van der Waals surface area contributed by atoms with Gasteiger partial charge in [-0.15, -0.1) is 0 Å². The van der Waals surface area contributed by atoms with Crippen molar-refractivity contribution in [1.82, 2.24) is 10.2 Å². The Labute approximate surface area is 170 Å². The number of likely N-dealkylation sites (tertiary alicyclic amines) is 1. The monoisotopic (exact) mass is 399 g/mol. The summed E-state index contributed by atoms with van der Waals surface area (Å²) < 4.78 is 18.9. The van der Waals surface area contributed by atoms with Crippen LogP contribution in [0.2, 0.25) is 0 Å². The molecule has 2 aromatic rings. The molecule has 0 unspecified atom stereocenters. The Morgan fingerprint density at radius 2 is 1.76 bits per heavy atom. The van der Waals surface area contributed by atoms with Gasteiger partial charge in [0.2, 0.25) is 5.91 Å². The molecule has 0 aliphatic carbocycles. The summed E-state index contributed by atoms with van der Waals surface area (Å²) in [7, 11) is 1.61. The number of benzene rings is 2. The van der Waals surface area contributed by atoms with E-state index < -0.39 is 11.2 Å². The predicted molar refractivity (Wildman–Crippen MR) is 109 cm³/mol. The normalized spacial score (nSPS) is 15.5. The second-order valence-electron chi connectivity index (χ2n) is 7.49. The fourth-order valence-corrected chi connectivity index (χ4v) is 3.33. The molecule has 1 heterocycles. The van der Waals surface area contributed by atoms with Gasteiger partial charge in [0.1, 0.15) is 11.6 Å². The summed E-state index contributed by atoms with van der Waals surface area (Å²) in [5, 5.41) is 5.58. The summed E-state index contributed by atoms with van der Waals surface area (Å²) >= 11 is 0. The Hall–Kier alpha value is -3.09. The lowest BCUT2D eigenvalue weighted by Crippen LogP contribution is -2.49. The molecule has 1 aliphatic heterocycles. The minimum atomic E-state index is -0.540. The largest absolute Gasteiger partial charge is 0.497 e. The molecule has 0 radical (unpaired) electrons. The highest BCUT2D eigenvalue weighted by Gasteiger charge is 2.38. The number of carbonyl (C=O) groups excluding carboxylic acids is 2. The number of piperidine rings is 1. The van der Waals surface area contributed by atoms with Crippen molar-refractivity contribution < 1.29 is 18.7 Å². The number of amides is 3. The number of anilines is 1. The number of ether oxygens (including phenoxy) is 1. The predicted octanol–water partition coefficient (Wildman–Crippen LogP) is 3.78. The molecule has 29 heavy (non-hydrogen) atoms. The molecule has 1 fully saturated rings. The molecule has 2 N–H and O–H groups in total. The van der Waals surface area contributed by atoms with Gasteiger partial charge in [0.05, 0.1) is 12.8 Å². The topological polar surface area (TPSA) is 70.7 Å². The highest BCUT2D eigenvalue weighted by atomic mass is 19.1. The molecule has 6 nitrogen and oxygen atoms in total. The lowest BCUT2D eigenvalue weighted by atomic mass is 9.79. The van der Waals surface area contributed by atoms with Crippen molar-refractivity contribution in [3.63, 3.8) is 0 Å². The Kier molecular flexibility index (Phi) is 6.36. The minimum absolute atomic E-state index is 0.0255. The molecule has 154 valence electrons. The van der Waals surface area contributed by atoms with Crippen LogP contribution in [0.3, 0.4) is 0 Å². The zero-order valence-electron chi connectivity index (χ0n) is 16.7. The van der Waals surface area contributed by atoms with E-state index in [-0.39, 0.29) is 17.6 Å². The fraction of sp³-hybridized carbons (Fsp3) is 0.364. The Balaban J connectivity index is 1.50. The first kappa shape index (κ1) is 20.6. The fourth-order valence-electron chi connectivity index (χ4n) is 3.33. The smallest absolute Gasteiger partial charge is 0.321 e. The third-order valence-electron chi connectivity index (χ3n) is 5.43. The Bertz CT molecular complexity index is 862. The van der Waals surface area contributed by atoms with Gasteiger partial charge in [-0.1, -0.05) is 31.2 Å². The van der Waals surface area contributed by atoms with Crippen molar-refractivity contribution in [3.8, 4) is 5.75 Å². The average molecular weight is 399 g/mol. The van der Waals surface area contributed by atoms with E-state index in [0.717, 1.165) is 11.3 Å². The highest BCUT2D eigenvalue weighted by molar-refractivity contribution is 5.90. The second-order valence-corrected chi connectivity index (χ2v) is 7.49. The molecule has 3 amide bonds. The van der Waals surface area contributed by atoms with Crippen molar-refractivity contribution >= 4 is 17.6 Å². The summed E-state index contributed by atoms with van der Waals surface area (Å²) in [4.78, 5) is 26.7. The number of methoxy groups -OCH3 is 1. The van der Waals surface area contributed by atoms with Crippen molar-refractivity contribution in [1.29, 1.82) is 0 Å². The van der Waals surface area contributed by atoms with Crippen LogP contribution in [0, 0.1) is 11.2 Å². The van der Waals surface area contributed by atoms with Gasteiger partial charge in [0, 0.05) is 25.0 Å². The van der Waals surface area contributed by atoms with Crippen molar-refractivity contribution in [3.05, 3.63) is 59.9 Å². The first-order chi connectivity index (χ1) is 13.9. The molecule has 2 aromatic carbocycles. The van der Waals surface area contributed by atoms with E-state index in [9.17, 15) is 14.0 Å². The van der Waals surface area contributed by atoms with Gasteiger partial charge in [-0.3, -0.25) is 4.79 Å². The number of rotatable bonds is 5. The third-order valence-corrected chi connectivity index (χ3v) is 5.43. The Morgan fingerprint density at radius 3 is 2.38 bits per heavy atom. The van der Waals surface area contributed by atoms with Gasteiger partial charge in [0.25, 0.3) is 0 Å². The zero-order chi connectivity index (χ0) is 20.9. The number of urea groups is 1. The molecule has 7 heteroatoms. The zero-order valence-corrected chi connectivity index (χ0v) is 16.7. The van der Waals surface area contributed by atoms with Crippen LogP contribution < -0.4 is 15.4 Å². The lowest BCUT2D eigenvalue weighted by Gasteiger charge is -2.38. The summed E-state index contributed by atoms with van der Waals surface area (Å²) in [6.07, 6.45) is 1.10. The van der Waals surface area contributed by atoms with Crippen molar-refractivity contribution in [2.24, 2.45) is 5.41 Å². The third kappa shape index (κ3) is 5.04. The van der Waals surface area contributed by atoms with Gasteiger partial charge < -0.3 is 20.3 Å². The second kappa shape index (κ2) is 8.94. The standard InChI is InChI=1S/C22H26FN3O3/c1-22(20(27)24-15-16-7-9-17(29-2)10-8-16)11-13-26(14-12-22)21(28)25-19-6-4-3-5-18(19)23/h3-10H,11-15H2,1-2H3,(H,24,27)(H,25,28). The molecular formula is C22H26FN3O3. The lowest BCUT2D eigenvalue weighted by molar-refractivity contribution is -0.132. The molecule has 0 saturated carbocycles. The maximum Gasteiger partial charge on any atom is 0.321 e. The van der Waals surface area contributed by atoms with Crippen LogP contribution in [0.1, 0.15) is 25.3 Å². The summed E-state index contributed by atoms with van der Waals surface area (Å²) in [6.45, 7) is 3.23. The van der Waals surface area contributed by atoms with E-state index in [1.807, 2.05) is 31.2 Å². The number of carbonyl (C=O) groups is 2. The quantitative estimate of drug-likeness (QED) is 0.804. The van der Waals surface area contributed by atoms with E-state index in [0.29, 0.717) is 32.5 Å². The molecule has 3 rings (SSSR count). The SMILES string of the molecule is COc1ccc(CNC(=O)C2(C)CCN(C(=O)Nc3ccccc3F)CC2)cc1. The van der Waals surface area contributed by atoms with E-state index in [2.05, 4.69) is 10.6 Å². The maximum atomic E-state index is 13.7. The van der Waals surface area contributed by atoms with Gasteiger partial charge in [-0.05, 0) is 42.7 Å². The van der Waals surface area contributed by atoms with E-state index in [1.54, 1.807) is 24.1 Å². The minimum Gasteiger partial charge on any atom is -0.497 e. The van der Waals surface area contributed by atoms with Crippen LogP contribution >= 0.6 is 0 Å². The van der Waals surface area contributed by atoms with Gasteiger partial charge in [-0.25, -0.2) is 9.18 Å². The number of halogens is 1. The number of nitrogens with one attached hydrogen (secondary N) is 2. The number of para-hydroxylation sites is 1. The van der Waals surface area contributed by atoms with Crippen LogP contribution in [-0.4, -0.2) is 37.0 Å². The van der Waals surface area contributed by atoms with E-state index in [4.69, 9.17) is 4.74 Å². The molecular weight excluding hydrogens is 373 g/mol. The van der Waals surface area contributed by atoms with Gasteiger partial charge in [-0.2, -0.15) is 0 Å². The van der Waals surface area contributed by atoms with Crippen LogP contribution in [-0.2, 0) is 11.3 Å². The molecule has 0 aromatic heterocycles. The molecule has 0 bridgehead atoms. The van der Waals surface area contributed by atoms with Crippen LogP contribution in [0.25, 0.3) is 0 Å². The van der Waals surface area contributed by atoms with E-state index in [1.165, 1.54) is 12.1 Å². The van der Waals surface area contributed by atoms with Gasteiger partial charge in [0.15, 0.2) is 0 Å². The van der Waals surface area contributed by atoms with Crippen molar-refractivity contribution in [2.45, 2.75) is 26.3 Å². The number of hydrogen-bond acceptors (Lipinski definition) is 3. The summed E-state index contributed by atoms with van der Waals surface area (Å²) in [6, 6.07) is 13.3. The molecule has 1 aliphatic rings. The first-order valence-electron chi connectivity index (χ1n) is 9.63. The number of hydrogen-bond donors (Lipinski definition) is 2. The summed E-state index contributed by atoms with van der Waals surface area (Å²) in [5.41, 5.74) is 0.605. The van der Waals surface area contributed by atoms with Crippen LogP contribution in [0.4, 0.5) is 14.9 Å². The Morgan fingerprint density at radius 1 is 1.10 bits per heavy atom.